The Morgan fingerprint density at radius 3 is 2.68 bits per heavy atom. The molecule has 1 amide bonds. The van der Waals surface area contributed by atoms with Crippen molar-refractivity contribution in [3.8, 4) is 0 Å². The Bertz CT molecular complexity index is 628. The van der Waals surface area contributed by atoms with Crippen LogP contribution in [0.5, 0.6) is 0 Å². The van der Waals surface area contributed by atoms with Gasteiger partial charge < -0.3 is 19.2 Å². The predicted molar refractivity (Wildman–Crippen MR) is 84.4 cm³/mol. The van der Waals surface area contributed by atoms with E-state index in [0.717, 1.165) is 11.6 Å². The van der Waals surface area contributed by atoms with Gasteiger partial charge in [-0.15, -0.1) is 0 Å². The molecular weight excluding hydrogens is 280 g/mol. The van der Waals surface area contributed by atoms with Crippen LogP contribution in [0, 0.1) is 5.92 Å². The monoisotopic (exact) mass is 304 g/mol. The van der Waals surface area contributed by atoms with E-state index in [2.05, 4.69) is 24.1 Å². The van der Waals surface area contributed by atoms with Crippen LogP contribution in [0.4, 0.5) is 0 Å². The average Bonchev–Trinajstić information content (AvgIpc) is 3.04. The highest BCUT2D eigenvalue weighted by molar-refractivity contribution is 5.91. The summed E-state index contributed by atoms with van der Waals surface area (Å²) < 4.78 is 7.52. The lowest BCUT2D eigenvalue weighted by Gasteiger charge is -2.21. The van der Waals surface area contributed by atoms with Crippen LogP contribution < -0.4 is 5.32 Å². The second-order valence-electron chi connectivity index (χ2n) is 6.10. The normalized spacial score (nSPS) is 12.9. The molecule has 6 heteroatoms. The number of furan rings is 1. The van der Waals surface area contributed by atoms with Gasteiger partial charge in [0.2, 0.25) is 0 Å². The Labute approximate surface area is 131 Å². The van der Waals surface area contributed by atoms with E-state index in [1.165, 1.54) is 0 Å². The summed E-state index contributed by atoms with van der Waals surface area (Å²) in [7, 11) is 5.84. The quantitative estimate of drug-likeness (QED) is 0.888. The molecule has 0 aliphatic carbocycles. The molecule has 2 heterocycles. The van der Waals surface area contributed by atoms with Crippen LogP contribution in [0.15, 0.2) is 28.9 Å². The SMILES string of the molecule is CC(C)[C@@H](NC(=O)c1ccc(CN(C)C)o1)c1nccn1C. The van der Waals surface area contributed by atoms with Crippen molar-refractivity contribution in [2.24, 2.45) is 13.0 Å². The van der Waals surface area contributed by atoms with Gasteiger partial charge in [0, 0.05) is 19.4 Å². The molecule has 0 saturated carbocycles. The van der Waals surface area contributed by atoms with Gasteiger partial charge in [-0.25, -0.2) is 4.98 Å². The van der Waals surface area contributed by atoms with Crippen molar-refractivity contribution in [3.05, 3.63) is 41.9 Å². The van der Waals surface area contributed by atoms with Gasteiger partial charge in [0.1, 0.15) is 11.6 Å². The second kappa shape index (κ2) is 6.79. The smallest absolute Gasteiger partial charge is 0.287 e. The van der Waals surface area contributed by atoms with Crippen LogP contribution in [0.25, 0.3) is 0 Å². The number of carbonyl (C=O) groups excluding carboxylic acids is 1. The summed E-state index contributed by atoms with van der Waals surface area (Å²) in [6, 6.07) is 3.39. The van der Waals surface area contributed by atoms with Gasteiger partial charge in [-0.3, -0.25) is 4.79 Å². The van der Waals surface area contributed by atoms with Crippen LogP contribution in [-0.4, -0.2) is 34.5 Å². The Kier molecular flexibility index (Phi) is 5.03. The molecule has 2 aromatic rings. The van der Waals surface area contributed by atoms with Gasteiger partial charge in [-0.1, -0.05) is 13.8 Å². The van der Waals surface area contributed by atoms with E-state index in [4.69, 9.17) is 4.42 Å². The number of carbonyl (C=O) groups is 1. The van der Waals surface area contributed by atoms with Crippen LogP contribution in [0.1, 0.15) is 42.0 Å². The Balaban J connectivity index is 2.12. The van der Waals surface area contributed by atoms with Gasteiger partial charge in [-0.05, 0) is 32.1 Å². The standard InChI is InChI=1S/C16H24N4O2/c1-11(2)14(15-17-8-9-20(15)5)18-16(21)13-7-6-12(22-13)10-19(3)4/h6-9,11,14H,10H2,1-5H3,(H,18,21)/t14-/m1/s1. The first-order chi connectivity index (χ1) is 10.4. The van der Waals surface area contributed by atoms with Gasteiger partial charge in [0.25, 0.3) is 5.91 Å². The second-order valence-corrected chi connectivity index (χ2v) is 6.10. The van der Waals surface area contributed by atoms with Crippen molar-refractivity contribution in [3.63, 3.8) is 0 Å². The third-order valence-electron chi connectivity index (χ3n) is 3.45. The minimum absolute atomic E-state index is 0.158. The number of hydrogen-bond donors (Lipinski definition) is 1. The zero-order valence-electron chi connectivity index (χ0n) is 13.8. The highest BCUT2D eigenvalue weighted by Gasteiger charge is 2.24. The minimum atomic E-state index is -0.216. The molecule has 22 heavy (non-hydrogen) atoms. The molecular formula is C16H24N4O2. The van der Waals surface area contributed by atoms with E-state index < -0.39 is 0 Å². The van der Waals surface area contributed by atoms with Crippen molar-refractivity contribution < 1.29 is 9.21 Å². The zero-order valence-corrected chi connectivity index (χ0v) is 13.8. The Morgan fingerprint density at radius 1 is 1.41 bits per heavy atom. The number of rotatable bonds is 6. The van der Waals surface area contributed by atoms with E-state index in [9.17, 15) is 4.79 Å². The summed E-state index contributed by atoms with van der Waals surface area (Å²) >= 11 is 0. The number of hydrogen-bond acceptors (Lipinski definition) is 4. The molecule has 0 spiro atoms. The van der Waals surface area contributed by atoms with Crippen LogP contribution >= 0.6 is 0 Å². The molecule has 2 rings (SSSR count). The van der Waals surface area contributed by atoms with Crippen LogP contribution in [-0.2, 0) is 13.6 Å². The molecule has 6 nitrogen and oxygen atoms in total. The summed E-state index contributed by atoms with van der Waals surface area (Å²) in [5, 5.41) is 3.01. The topological polar surface area (TPSA) is 63.3 Å². The first-order valence-electron chi connectivity index (χ1n) is 7.40. The maximum atomic E-state index is 12.4. The fraction of sp³-hybridized carbons (Fsp3) is 0.500. The molecule has 1 N–H and O–H groups in total. The molecule has 0 aliphatic rings. The molecule has 0 aromatic carbocycles. The van der Waals surface area contributed by atoms with Gasteiger partial charge >= 0.3 is 0 Å². The van der Waals surface area contributed by atoms with Gasteiger partial charge in [0.15, 0.2) is 5.76 Å². The van der Waals surface area contributed by atoms with Crippen molar-refractivity contribution in [2.75, 3.05) is 14.1 Å². The molecule has 1 atom stereocenters. The summed E-state index contributed by atoms with van der Waals surface area (Å²) in [5.41, 5.74) is 0. The molecule has 2 aromatic heterocycles. The summed E-state index contributed by atoms with van der Waals surface area (Å²) in [6.45, 7) is 4.78. The van der Waals surface area contributed by atoms with E-state index >= 15 is 0 Å². The molecule has 0 radical (unpaired) electrons. The molecule has 0 unspecified atom stereocenters. The third kappa shape index (κ3) is 3.76. The fourth-order valence-electron chi connectivity index (χ4n) is 2.32. The number of imidazole rings is 1. The minimum Gasteiger partial charge on any atom is -0.455 e. The lowest BCUT2D eigenvalue weighted by atomic mass is 10.0. The number of nitrogens with zero attached hydrogens (tertiary/aromatic N) is 3. The highest BCUT2D eigenvalue weighted by atomic mass is 16.4. The fourth-order valence-corrected chi connectivity index (χ4v) is 2.32. The molecule has 120 valence electrons. The first-order valence-corrected chi connectivity index (χ1v) is 7.40. The molecule has 0 bridgehead atoms. The number of aromatic nitrogens is 2. The van der Waals surface area contributed by atoms with Crippen molar-refractivity contribution in [2.45, 2.75) is 26.4 Å². The number of amides is 1. The van der Waals surface area contributed by atoms with E-state index in [1.807, 2.05) is 42.9 Å². The zero-order chi connectivity index (χ0) is 16.3. The van der Waals surface area contributed by atoms with Crippen LogP contribution in [0.3, 0.4) is 0 Å². The Morgan fingerprint density at radius 2 is 2.14 bits per heavy atom. The first kappa shape index (κ1) is 16.3. The molecule has 0 saturated heterocycles. The Hall–Kier alpha value is -2.08. The molecule has 0 aliphatic heterocycles. The highest BCUT2D eigenvalue weighted by Crippen LogP contribution is 2.20. The average molecular weight is 304 g/mol. The maximum absolute atomic E-state index is 12.4. The van der Waals surface area contributed by atoms with E-state index in [1.54, 1.807) is 12.3 Å². The lowest BCUT2D eigenvalue weighted by Crippen LogP contribution is -2.33. The summed E-state index contributed by atoms with van der Waals surface area (Å²) in [5.74, 6) is 1.95. The molecule has 0 fully saturated rings. The van der Waals surface area contributed by atoms with Gasteiger partial charge in [-0.2, -0.15) is 0 Å². The lowest BCUT2D eigenvalue weighted by molar-refractivity contribution is 0.0891. The van der Waals surface area contributed by atoms with E-state index in [-0.39, 0.29) is 17.9 Å². The van der Waals surface area contributed by atoms with Crippen molar-refractivity contribution in [1.29, 1.82) is 0 Å². The summed E-state index contributed by atoms with van der Waals surface area (Å²) in [6.07, 6.45) is 3.61. The van der Waals surface area contributed by atoms with Crippen molar-refractivity contribution >= 4 is 5.91 Å². The van der Waals surface area contributed by atoms with Crippen molar-refractivity contribution in [1.82, 2.24) is 19.8 Å². The predicted octanol–water partition coefficient (Wildman–Crippen LogP) is 2.20. The third-order valence-corrected chi connectivity index (χ3v) is 3.45. The summed E-state index contributed by atoms with van der Waals surface area (Å²) in [4.78, 5) is 18.7. The van der Waals surface area contributed by atoms with Crippen LogP contribution in [0.2, 0.25) is 0 Å². The largest absolute Gasteiger partial charge is 0.455 e. The number of nitrogens with one attached hydrogen (secondary N) is 1. The van der Waals surface area contributed by atoms with Gasteiger partial charge in [0.05, 0.1) is 12.6 Å². The van der Waals surface area contributed by atoms with E-state index in [0.29, 0.717) is 12.3 Å². The maximum Gasteiger partial charge on any atom is 0.287 e. The number of aryl methyl sites for hydroxylation is 1.